The molecule has 1 saturated heterocycles. The van der Waals surface area contributed by atoms with Gasteiger partial charge in [-0.2, -0.15) is 0 Å². The summed E-state index contributed by atoms with van der Waals surface area (Å²) in [5.74, 6) is 1.09. The predicted octanol–water partition coefficient (Wildman–Crippen LogP) is 3.69. The van der Waals surface area contributed by atoms with Crippen LogP contribution in [0.5, 0.6) is 0 Å². The maximum atomic E-state index is 12.8. The number of thioether (sulfide) groups is 1. The fraction of sp³-hybridized carbons (Fsp3) is 0.333. The van der Waals surface area contributed by atoms with Gasteiger partial charge in [0.2, 0.25) is 11.8 Å². The molecule has 0 radical (unpaired) electrons. The molecule has 3 rings (SSSR count). The molecule has 2 amide bonds. The van der Waals surface area contributed by atoms with Crippen molar-refractivity contribution >= 4 is 29.3 Å². The summed E-state index contributed by atoms with van der Waals surface area (Å²) in [6, 6.07) is 13.4. The minimum Gasteiger partial charge on any atom is -0.324 e. The molecule has 1 fully saturated rings. The highest BCUT2D eigenvalue weighted by Crippen LogP contribution is 2.25. The highest BCUT2D eigenvalue weighted by Gasteiger charge is 2.34. The first-order valence-electron chi connectivity index (χ1n) is 8.75. The Labute approximate surface area is 159 Å². The number of rotatable bonds is 4. The van der Waals surface area contributed by atoms with Crippen LogP contribution in [0.25, 0.3) is 0 Å². The second-order valence-electron chi connectivity index (χ2n) is 6.78. The first-order valence-corrected chi connectivity index (χ1v) is 9.91. The maximum Gasteiger partial charge on any atom is 0.248 e. The van der Waals surface area contributed by atoms with Gasteiger partial charge in [-0.05, 0) is 43.5 Å². The number of nitrogens with zero attached hydrogens (tertiary/aromatic N) is 1. The van der Waals surface area contributed by atoms with Crippen molar-refractivity contribution in [1.29, 1.82) is 0 Å². The van der Waals surface area contributed by atoms with Crippen LogP contribution in [-0.4, -0.2) is 34.4 Å². The smallest absolute Gasteiger partial charge is 0.248 e. The molecule has 2 aromatic rings. The van der Waals surface area contributed by atoms with Crippen LogP contribution in [-0.2, 0) is 16.0 Å². The quantitative estimate of drug-likeness (QED) is 0.895. The van der Waals surface area contributed by atoms with Crippen LogP contribution in [0, 0.1) is 20.8 Å². The number of hydrogen-bond acceptors (Lipinski definition) is 3. The summed E-state index contributed by atoms with van der Waals surface area (Å²) >= 11 is 1.62. The molecule has 0 aromatic heterocycles. The Morgan fingerprint density at radius 3 is 2.69 bits per heavy atom. The molecular formula is C21H24N2O2S. The molecule has 1 atom stereocenters. The number of hydrogen-bond donors (Lipinski definition) is 1. The van der Waals surface area contributed by atoms with Crippen molar-refractivity contribution in [2.45, 2.75) is 33.2 Å². The van der Waals surface area contributed by atoms with Gasteiger partial charge in [0.15, 0.2) is 0 Å². The zero-order valence-electron chi connectivity index (χ0n) is 15.4. The molecule has 1 aliphatic heterocycles. The minimum absolute atomic E-state index is 0.00159. The Balaban J connectivity index is 1.70. The van der Waals surface area contributed by atoms with Gasteiger partial charge in [-0.25, -0.2) is 0 Å². The predicted molar refractivity (Wildman–Crippen MR) is 107 cm³/mol. The van der Waals surface area contributed by atoms with Gasteiger partial charge >= 0.3 is 0 Å². The molecule has 2 aromatic carbocycles. The fourth-order valence-electron chi connectivity index (χ4n) is 3.11. The van der Waals surface area contributed by atoms with Gasteiger partial charge in [0.05, 0.1) is 12.3 Å². The summed E-state index contributed by atoms with van der Waals surface area (Å²) in [6.07, 6.45) is 0.329. The number of amides is 2. The van der Waals surface area contributed by atoms with Gasteiger partial charge in [0, 0.05) is 11.4 Å². The Hall–Kier alpha value is -2.27. The number of carbonyl (C=O) groups is 2. The Morgan fingerprint density at radius 2 is 1.92 bits per heavy atom. The minimum atomic E-state index is -0.419. The lowest BCUT2D eigenvalue weighted by atomic mass is 10.1. The van der Waals surface area contributed by atoms with E-state index in [1.165, 1.54) is 0 Å². The topological polar surface area (TPSA) is 49.4 Å². The van der Waals surface area contributed by atoms with E-state index in [4.69, 9.17) is 0 Å². The monoisotopic (exact) mass is 368 g/mol. The first-order chi connectivity index (χ1) is 12.5. The zero-order chi connectivity index (χ0) is 18.7. The molecule has 26 heavy (non-hydrogen) atoms. The Morgan fingerprint density at radius 1 is 1.15 bits per heavy atom. The van der Waals surface area contributed by atoms with Crippen LogP contribution in [0.4, 0.5) is 5.69 Å². The van der Waals surface area contributed by atoms with Crippen LogP contribution < -0.4 is 5.32 Å². The molecule has 1 aliphatic rings. The van der Waals surface area contributed by atoms with Crippen LogP contribution in [0.2, 0.25) is 0 Å². The van der Waals surface area contributed by atoms with Crippen molar-refractivity contribution in [3.63, 3.8) is 0 Å². The molecular weight excluding hydrogens is 344 g/mol. The molecule has 0 saturated carbocycles. The SMILES string of the molecule is Cc1cccc(CC(=O)N2CSCC2C(=O)Nc2cccc(C)c2C)c1. The fourth-order valence-corrected chi connectivity index (χ4v) is 4.29. The summed E-state index contributed by atoms with van der Waals surface area (Å²) in [6.45, 7) is 6.03. The third kappa shape index (κ3) is 4.10. The summed E-state index contributed by atoms with van der Waals surface area (Å²) in [7, 11) is 0. The van der Waals surface area contributed by atoms with E-state index in [0.717, 1.165) is 27.9 Å². The zero-order valence-corrected chi connectivity index (χ0v) is 16.2. The van der Waals surface area contributed by atoms with Gasteiger partial charge in [0.25, 0.3) is 0 Å². The van der Waals surface area contributed by atoms with E-state index in [1.54, 1.807) is 16.7 Å². The van der Waals surface area contributed by atoms with Gasteiger partial charge in [-0.15, -0.1) is 11.8 Å². The molecule has 4 nitrogen and oxygen atoms in total. The highest BCUT2D eigenvalue weighted by atomic mass is 32.2. The molecule has 136 valence electrons. The number of carbonyl (C=O) groups excluding carboxylic acids is 2. The van der Waals surface area contributed by atoms with E-state index in [1.807, 2.05) is 63.2 Å². The second kappa shape index (κ2) is 7.96. The lowest BCUT2D eigenvalue weighted by Crippen LogP contribution is -2.45. The normalized spacial score (nSPS) is 16.6. The van der Waals surface area contributed by atoms with E-state index >= 15 is 0 Å². The summed E-state index contributed by atoms with van der Waals surface area (Å²) in [5.41, 5.74) is 5.13. The molecule has 0 bridgehead atoms. The van der Waals surface area contributed by atoms with Crippen molar-refractivity contribution in [2.24, 2.45) is 0 Å². The van der Waals surface area contributed by atoms with E-state index in [-0.39, 0.29) is 11.8 Å². The summed E-state index contributed by atoms with van der Waals surface area (Å²) in [5, 5.41) is 3.00. The van der Waals surface area contributed by atoms with Crippen LogP contribution in [0.3, 0.4) is 0 Å². The molecule has 1 N–H and O–H groups in total. The largest absolute Gasteiger partial charge is 0.324 e. The van der Waals surface area contributed by atoms with Crippen molar-refractivity contribution in [1.82, 2.24) is 4.90 Å². The number of nitrogens with one attached hydrogen (secondary N) is 1. The highest BCUT2D eigenvalue weighted by molar-refractivity contribution is 7.99. The first kappa shape index (κ1) is 18.5. The van der Waals surface area contributed by atoms with Crippen molar-refractivity contribution in [3.05, 3.63) is 64.7 Å². The number of anilines is 1. The summed E-state index contributed by atoms with van der Waals surface area (Å²) in [4.78, 5) is 27.2. The van der Waals surface area contributed by atoms with E-state index in [0.29, 0.717) is 18.1 Å². The molecule has 1 heterocycles. The van der Waals surface area contributed by atoms with Crippen molar-refractivity contribution < 1.29 is 9.59 Å². The van der Waals surface area contributed by atoms with E-state index < -0.39 is 6.04 Å². The van der Waals surface area contributed by atoms with Gasteiger partial charge in [-0.3, -0.25) is 9.59 Å². The molecule has 5 heteroatoms. The average Bonchev–Trinajstić information content (AvgIpc) is 3.09. The lowest BCUT2D eigenvalue weighted by Gasteiger charge is -2.23. The van der Waals surface area contributed by atoms with Crippen LogP contribution >= 0.6 is 11.8 Å². The molecule has 0 aliphatic carbocycles. The van der Waals surface area contributed by atoms with Crippen molar-refractivity contribution in [3.8, 4) is 0 Å². The van der Waals surface area contributed by atoms with Gasteiger partial charge in [0.1, 0.15) is 6.04 Å². The second-order valence-corrected chi connectivity index (χ2v) is 7.78. The average molecular weight is 369 g/mol. The Kier molecular flexibility index (Phi) is 5.67. The van der Waals surface area contributed by atoms with E-state index in [9.17, 15) is 9.59 Å². The molecule has 0 spiro atoms. The lowest BCUT2D eigenvalue weighted by molar-refractivity contribution is -0.135. The van der Waals surface area contributed by atoms with Crippen molar-refractivity contribution in [2.75, 3.05) is 16.9 Å². The van der Waals surface area contributed by atoms with Crippen LogP contribution in [0.15, 0.2) is 42.5 Å². The standard InChI is InChI=1S/C21H24N2O2S/c1-14-6-4-8-17(10-14)11-20(24)23-13-26-12-19(23)21(25)22-18-9-5-7-15(2)16(18)3/h4-10,19H,11-13H2,1-3H3,(H,22,25). The molecule has 1 unspecified atom stereocenters. The van der Waals surface area contributed by atoms with Crippen LogP contribution in [0.1, 0.15) is 22.3 Å². The van der Waals surface area contributed by atoms with Gasteiger partial charge in [-0.1, -0.05) is 42.0 Å². The Bertz CT molecular complexity index is 835. The number of aryl methyl sites for hydroxylation is 2. The third-order valence-corrected chi connectivity index (χ3v) is 5.82. The van der Waals surface area contributed by atoms with Gasteiger partial charge < -0.3 is 10.2 Å². The maximum absolute atomic E-state index is 12.8. The summed E-state index contributed by atoms with van der Waals surface area (Å²) < 4.78 is 0. The third-order valence-electron chi connectivity index (χ3n) is 4.81. The number of benzene rings is 2. The van der Waals surface area contributed by atoms with E-state index in [2.05, 4.69) is 5.32 Å².